The van der Waals surface area contributed by atoms with Gasteiger partial charge in [-0.1, -0.05) is 60.7 Å². The molecule has 0 radical (unpaired) electrons. The van der Waals surface area contributed by atoms with Crippen molar-refractivity contribution in [1.29, 1.82) is 0 Å². The summed E-state index contributed by atoms with van der Waals surface area (Å²) >= 11 is 0. The molecule has 4 rings (SSSR count). The molecule has 184 valence electrons. The Kier molecular flexibility index (Phi) is 8.21. The standard InChI is InChI=1S/C30H36N2O3/c1-23(35-29-15-13-28(14-16-29)31-24(2)33)17-20-32-21-18-27(19-22-32)30(34,25-9-5-3-6-10-25)26-11-7-4-8-12-26/h3-16,23,27,34H,17-22H2,1-2H3,(H,31,33). The third-order valence-corrected chi connectivity index (χ3v) is 6.97. The van der Waals surface area contributed by atoms with Gasteiger partial charge in [-0.3, -0.25) is 4.79 Å². The summed E-state index contributed by atoms with van der Waals surface area (Å²) in [4.78, 5) is 13.6. The van der Waals surface area contributed by atoms with E-state index in [1.54, 1.807) is 0 Å². The Balaban J connectivity index is 1.31. The van der Waals surface area contributed by atoms with Crippen LogP contribution in [0, 0.1) is 5.92 Å². The summed E-state index contributed by atoms with van der Waals surface area (Å²) in [6, 6.07) is 27.7. The summed E-state index contributed by atoms with van der Waals surface area (Å²) in [7, 11) is 0. The Hall–Kier alpha value is -3.15. The minimum atomic E-state index is -0.978. The number of anilines is 1. The van der Waals surface area contributed by atoms with Gasteiger partial charge in [0.15, 0.2) is 0 Å². The van der Waals surface area contributed by atoms with E-state index in [4.69, 9.17) is 4.74 Å². The highest BCUT2D eigenvalue weighted by atomic mass is 16.5. The van der Waals surface area contributed by atoms with Gasteiger partial charge in [-0.05, 0) is 80.6 Å². The van der Waals surface area contributed by atoms with E-state index in [1.165, 1.54) is 6.92 Å². The number of carbonyl (C=O) groups excluding carboxylic acids is 1. The number of rotatable bonds is 9. The van der Waals surface area contributed by atoms with E-state index in [2.05, 4.69) is 17.1 Å². The van der Waals surface area contributed by atoms with Gasteiger partial charge in [0.05, 0.1) is 6.10 Å². The number of likely N-dealkylation sites (tertiary alicyclic amines) is 1. The molecule has 1 atom stereocenters. The lowest BCUT2D eigenvalue weighted by Crippen LogP contribution is -2.44. The van der Waals surface area contributed by atoms with Crippen molar-refractivity contribution in [2.45, 2.75) is 44.8 Å². The van der Waals surface area contributed by atoms with E-state index in [1.807, 2.05) is 84.9 Å². The maximum atomic E-state index is 12.1. The second-order valence-electron chi connectivity index (χ2n) is 9.54. The molecule has 1 aliphatic rings. The van der Waals surface area contributed by atoms with Crippen LogP contribution in [0.2, 0.25) is 0 Å². The molecule has 0 aromatic heterocycles. The fourth-order valence-electron chi connectivity index (χ4n) is 5.07. The molecule has 0 bridgehead atoms. The van der Waals surface area contributed by atoms with Crippen molar-refractivity contribution in [3.63, 3.8) is 0 Å². The van der Waals surface area contributed by atoms with E-state index >= 15 is 0 Å². The van der Waals surface area contributed by atoms with Crippen molar-refractivity contribution < 1.29 is 14.6 Å². The summed E-state index contributed by atoms with van der Waals surface area (Å²) < 4.78 is 6.08. The molecule has 0 aliphatic carbocycles. The maximum Gasteiger partial charge on any atom is 0.221 e. The van der Waals surface area contributed by atoms with E-state index in [0.717, 1.165) is 61.5 Å². The predicted molar refractivity (Wildman–Crippen MR) is 140 cm³/mol. The monoisotopic (exact) mass is 472 g/mol. The molecule has 1 saturated heterocycles. The Morgan fingerprint density at radius 2 is 1.51 bits per heavy atom. The fraction of sp³-hybridized carbons (Fsp3) is 0.367. The molecule has 35 heavy (non-hydrogen) atoms. The Labute approximate surface area is 208 Å². The highest BCUT2D eigenvalue weighted by Gasteiger charge is 2.41. The normalized spacial score (nSPS) is 16.0. The van der Waals surface area contributed by atoms with Gasteiger partial charge in [0, 0.05) is 19.2 Å². The fourth-order valence-corrected chi connectivity index (χ4v) is 5.07. The lowest BCUT2D eigenvalue weighted by atomic mass is 9.72. The van der Waals surface area contributed by atoms with E-state index < -0.39 is 5.60 Å². The molecule has 5 heteroatoms. The first-order valence-corrected chi connectivity index (χ1v) is 12.5. The first-order chi connectivity index (χ1) is 16.9. The molecule has 2 N–H and O–H groups in total. The maximum absolute atomic E-state index is 12.1. The number of carbonyl (C=O) groups is 1. The molecular formula is C30H36N2O3. The average Bonchev–Trinajstić information content (AvgIpc) is 2.89. The number of hydrogen-bond acceptors (Lipinski definition) is 4. The molecule has 0 saturated carbocycles. The van der Waals surface area contributed by atoms with Gasteiger partial charge < -0.3 is 20.1 Å². The molecule has 1 aliphatic heterocycles. The summed E-state index contributed by atoms with van der Waals surface area (Å²) in [5.74, 6) is 0.891. The van der Waals surface area contributed by atoms with Gasteiger partial charge in [0.2, 0.25) is 5.91 Å². The van der Waals surface area contributed by atoms with Crippen molar-refractivity contribution in [1.82, 2.24) is 4.90 Å². The Bertz CT molecular complexity index is 1020. The first-order valence-electron chi connectivity index (χ1n) is 12.5. The molecule has 3 aromatic rings. The van der Waals surface area contributed by atoms with Gasteiger partial charge in [0.1, 0.15) is 11.4 Å². The van der Waals surface area contributed by atoms with Crippen LogP contribution in [0.25, 0.3) is 0 Å². The molecule has 1 unspecified atom stereocenters. The molecule has 3 aromatic carbocycles. The van der Waals surface area contributed by atoms with Crippen molar-refractivity contribution in [2.75, 3.05) is 25.0 Å². The SMILES string of the molecule is CC(=O)Nc1ccc(OC(C)CCN2CCC(C(O)(c3ccccc3)c3ccccc3)CC2)cc1. The van der Waals surface area contributed by atoms with Crippen molar-refractivity contribution in [2.24, 2.45) is 5.92 Å². The summed E-state index contributed by atoms with van der Waals surface area (Å²) in [5, 5.41) is 14.8. The quantitative estimate of drug-likeness (QED) is 0.435. The average molecular weight is 473 g/mol. The van der Waals surface area contributed by atoms with Crippen LogP contribution >= 0.6 is 0 Å². The van der Waals surface area contributed by atoms with Crippen LogP contribution in [0.15, 0.2) is 84.9 Å². The van der Waals surface area contributed by atoms with Crippen LogP contribution < -0.4 is 10.1 Å². The Morgan fingerprint density at radius 1 is 0.971 bits per heavy atom. The van der Waals surface area contributed by atoms with Gasteiger partial charge in [0.25, 0.3) is 0 Å². The minimum absolute atomic E-state index is 0.0817. The van der Waals surface area contributed by atoms with Crippen LogP contribution in [0.5, 0.6) is 5.75 Å². The van der Waals surface area contributed by atoms with Crippen LogP contribution in [0.4, 0.5) is 5.69 Å². The van der Waals surface area contributed by atoms with Gasteiger partial charge in [-0.2, -0.15) is 0 Å². The number of benzene rings is 3. The second kappa shape index (κ2) is 11.5. The van der Waals surface area contributed by atoms with Crippen molar-refractivity contribution in [3.8, 4) is 5.75 Å². The Morgan fingerprint density at radius 3 is 2.03 bits per heavy atom. The van der Waals surface area contributed by atoms with E-state index in [-0.39, 0.29) is 17.9 Å². The third kappa shape index (κ3) is 6.30. The number of hydrogen-bond donors (Lipinski definition) is 2. The van der Waals surface area contributed by atoms with Gasteiger partial charge in [-0.15, -0.1) is 0 Å². The predicted octanol–water partition coefficient (Wildman–Crippen LogP) is 5.45. The van der Waals surface area contributed by atoms with Crippen LogP contribution in [0.3, 0.4) is 0 Å². The number of piperidine rings is 1. The summed E-state index contributed by atoms with van der Waals surface area (Å²) in [5.41, 5.74) is 1.73. The molecule has 5 nitrogen and oxygen atoms in total. The topological polar surface area (TPSA) is 61.8 Å². The zero-order valence-electron chi connectivity index (χ0n) is 20.7. The smallest absolute Gasteiger partial charge is 0.221 e. The van der Waals surface area contributed by atoms with Gasteiger partial charge >= 0.3 is 0 Å². The van der Waals surface area contributed by atoms with Crippen LogP contribution in [-0.4, -0.2) is 41.7 Å². The highest BCUT2D eigenvalue weighted by Crippen LogP contribution is 2.41. The first kappa shape index (κ1) is 25.0. The third-order valence-electron chi connectivity index (χ3n) is 6.97. The molecular weight excluding hydrogens is 436 g/mol. The molecule has 1 amide bonds. The number of amides is 1. The lowest BCUT2D eigenvalue weighted by Gasteiger charge is -2.42. The molecule has 0 spiro atoms. The van der Waals surface area contributed by atoms with E-state index in [9.17, 15) is 9.90 Å². The molecule has 1 heterocycles. The largest absolute Gasteiger partial charge is 0.491 e. The number of ether oxygens (including phenoxy) is 1. The van der Waals surface area contributed by atoms with Crippen LogP contribution in [-0.2, 0) is 10.4 Å². The van der Waals surface area contributed by atoms with Crippen LogP contribution in [0.1, 0.15) is 44.2 Å². The van der Waals surface area contributed by atoms with Gasteiger partial charge in [-0.25, -0.2) is 0 Å². The number of nitrogens with zero attached hydrogens (tertiary/aromatic N) is 1. The second-order valence-corrected chi connectivity index (χ2v) is 9.54. The zero-order chi connectivity index (χ0) is 24.7. The van der Waals surface area contributed by atoms with Crippen molar-refractivity contribution in [3.05, 3.63) is 96.1 Å². The number of nitrogens with one attached hydrogen (secondary N) is 1. The van der Waals surface area contributed by atoms with E-state index in [0.29, 0.717) is 0 Å². The lowest BCUT2D eigenvalue weighted by molar-refractivity contribution is -0.114. The highest BCUT2D eigenvalue weighted by molar-refractivity contribution is 5.88. The summed E-state index contributed by atoms with van der Waals surface area (Å²) in [6.07, 6.45) is 2.91. The summed E-state index contributed by atoms with van der Waals surface area (Å²) in [6.45, 7) is 6.49. The number of aliphatic hydroxyl groups is 1. The molecule has 1 fully saturated rings. The minimum Gasteiger partial charge on any atom is -0.491 e. The zero-order valence-corrected chi connectivity index (χ0v) is 20.7. The van der Waals surface area contributed by atoms with Crippen molar-refractivity contribution >= 4 is 11.6 Å².